The fourth-order valence-electron chi connectivity index (χ4n) is 10.2. The van der Waals surface area contributed by atoms with Gasteiger partial charge >= 0.3 is 5.97 Å². The number of carbonyl (C=O) groups is 1. The number of methoxy groups -OCH3 is 1. The van der Waals surface area contributed by atoms with E-state index in [9.17, 15) is 20.2 Å². The molecule has 4 rings (SSSR count). The van der Waals surface area contributed by atoms with Crippen molar-refractivity contribution in [1.82, 2.24) is 4.90 Å². The fourth-order valence-corrected chi connectivity index (χ4v) is 10.2. The molecule has 0 aliphatic carbocycles. The third-order valence-electron chi connectivity index (χ3n) is 13.9. The number of aliphatic hydroxyl groups is 2. The Hall–Kier alpha value is -2.23. The van der Waals surface area contributed by atoms with Crippen molar-refractivity contribution in [3.63, 3.8) is 0 Å². The van der Waals surface area contributed by atoms with E-state index in [4.69, 9.17) is 44.3 Å². The van der Waals surface area contributed by atoms with E-state index >= 15 is 4.39 Å². The Morgan fingerprint density at radius 2 is 1.70 bits per heavy atom. The van der Waals surface area contributed by atoms with Crippen LogP contribution in [0.3, 0.4) is 0 Å². The Bertz CT molecular complexity index is 1540. The molecule has 0 aromatic rings. The summed E-state index contributed by atoms with van der Waals surface area (Å²) in [5.74, 6) is -1.07. The molecular formula is C45H75FN2O12. The van der Waals surface area contributed by atoms with Crippen molar-refractivity contribution in [1.29, 1.82) is 0 Å². The second-order valence-electron chi connectivity index (χ2n) is 18.9. The number of alkyl halides is 1. The highest BCUT2D eigenvalue weighted by Crippen LogP contribution is 2.45. The molecular weight excluding hydrogens is 779 g/mol. The topological polar surface area (TPSA) is 167 Å². The first-order valence-electron chi connectivity index (χ1n) is 21.7. The maximum absolute atomic E-state index is 18.2. The lowest BCUT2D eigenvalue weighted by molar-refractivity contribution is -0.320. The van der Waals surface area contributed by atoms with Crippen LogP contribution in [0.5, 0.6) is 0 Å². The molecule has 0 aromatic heterocycles. The molecule has 0 amide bonds. The highest BCUT2D eigenvalue weighted by molar-refractivity contribution is 5.88. The number of carbonyl (C=O) groups excluding carboxylic acids is 1. The van der Waals surface area contributed by atoms with Gasteiger partial charge in [0, 0.05) is 56.2 Å². The molecule has 0 spiro atoms. The highest BCUT2D eigenvalue weighted by atomic mass is 19.1. The van der Waals surface area contributed by atoms with Crippen molar-refractivity contribution >= 4 is 11.7 Å². The van der Waals surface area contributed by atoms with Crippen molar-refractivity contribution in [2.24, 2.45) is 28.8 Å². The van der Waals surface area contributed by atoms with Crippen molar-refractivity contribution in [3.05, 3.63) is 12.2 Å². The number of fused-ring (bicyclic) bond motifs is 5. The molecule has 60 heavy (non-hydrogen) atoms. The number of rotatable bonds is 9. The van der Waals surface area contributed by atoms with E-state index in [2.05, 4.69) is 22.6 Å². The van der Waals surface area contributed by atoms with Crippen molar-refractivity contribution in [2.75, 3.05) is 33.9 Å². The summed E-state index contributed by atoms with van der Waals surface area (Å²) in [6.45, 7) is 23.7. The molecule has 2 unspecified atom stereocenters. The smallest absolute Gasteiger partial charge is 0.346 e. The van der Waals surface area contributed by atoms with Gasteiger partial charge in [-0.3, -0.25) is 0 Å². The van der Waals surface area contributed by atoms with Crippen LogP contribution in [-0.2, 0) is 42.7 Å². The standard InChI is InChI=1S/C45H75FN2O12/c1-16-18-19-48(14)32-20-27(5)56-40(28(32)6)60-37-30(8)38(59-34-22-42(10,53-15)36(49)31(9)57-34)44(12,46)41(50)58-33(17-2)45(13,51)39-29(7)35(47-52)26(4)21-43(37,11)55-24-25(3)23-54-39/h1,26-34,36-40,49,51-52H,3,17-24H2,2,4-15H3/b47-35+/t26-,27-,28-,29+,30-,31+,32+,33-,34?,36+,37-,38+,39-,40?,42-,43-,44+,45-/m1/s1. The van der Waals surface area contributed by atoms with Gasteiger partial charge in [-0.2, -0.15) is 0 Å². The van der Waals surface area contributed by atoms with Gasteiger partial charge in [-0.05, 0) is 73.4 Å². The second kappa shape index (κ2) is 20.1. The van der Waals surface area contributed by atoms with Crippen LogP contribution in [0.25, 0.3) is 0 Å². The van der Waals surface area contributed by atoms with Crippen LogP contribution in [0, 0.1) is 36.0 Å². The van der Waals surface area contributed by atoms with Crippen molar-refractivity contribution < 1.29 is 62.5 Å². The maximum atomic E-state index is 18.2. The van der Waals surface area contributed by atoms with Gasteiger partial charge in [0.05, 0.1) is 54.5 Å². The number of halogens is 1. The molecule has 2 bridgehead atoms. The summed E-state index contributed by atoms with van der Waals surface area (Å²) >= 11 is 0. The zero-order valence-electron chi connectivity index (χ0n) is 38.3. The van der Waals surface area contributed by atoms with E-state index < -0.39 is 95.4 Å². The number of hydrogen-bond acceptors (Lipinski definition) is 14. The molecule has 0 saturated carbocycles. The molecule has 4 saturated heterocycles. The number of terminal acetylenes is 1. The first-order chi connectivity index (χ1) is 27.9. The molecule has 15 heteroatoms. The van der Waals surface area contributed by atoms with E-state index in [0.717, 1.165) is 6.92 Å². The van der Waals surface area contributed by atoms with Crippen LogP contribution in [0.15, 0.2) is 17.3 Å². The molecule has 4 aliphatic rings. The second-order valence-corrected chi connectivity index (χ2v) is 18.9. The third-order valence-corrected chi connectivity index (χ3v) is 13.9. The summed E-state index contributed by atoms with van der Waals surface area (Å²) in [5, 5.41) is 37.9. The molecule has 0 radical (unpaired) electrons. The highest BCUT2D eigenvalue weighted by Gasteiger charge is 2.59. The summed E-state index contributed by atoms with van der Waals surface area (Å²) in [6, 6.07) is 0.00599. The van der Waals surface area contributed by atoms with E-state index in [1.165, 1.54) is 14.0 Å². The number of cyclic esters (lactones) is 1. The van der Waals surface area contributed by atoms with E-state index in [1.54, 1.807) is 34.6 Å². The molecule has 4 fully saturated rings. The van der Waals surface area contributed by atoms with E-state index in [1.807, 2.05) is 34.7 Å². The normalized spacial score (nSPS) is 47.2. The molecule has 0 aromatic carbocycles. The minimum absolute atomic E-state index is 0.00599. The zero-order valence-corrected chi connectivity index (χ0v) is 38.3. The lowest BCUT2D eigenvalue weighted by Crippen LogP contribution is -2.63. The first kappa shape index (κ1) is 50.4. The van der Waals surface area contributed by atoms with Crippen LogP contribution in [0.1, 0.15) is 108 Å². The van der Waals surface area contributed by atoms with Gasteiger partial charge in [0.1, 0.15) is 23.9 Å². The SMILES string of the molecule is C#CCCN(C)[C@H]1C[C@@H](C)OC(O[C@@H]2[C@@H](C)[C@H](OC3C[C@@](C)(OC)[C@@H](O)[C@H](C)O3)[C@](C)(F)C(=O)O[C@H](CC)[C@@](C)(O)[C@@H]3OCC(=C)CO[C@]2(C)C[C@@H](C)/C(=N\O)[C@@H]3C)[C@@H]1C. The molecule has 4 aliphatic heterocycles. The number of hydrogen-bond donors (Lipinski definition) is 3. The minimum atomic E-state index is -2.90. The number of nitrogens with zero attached hydrogens (tertiary/aromatic N) is 2. The predicted octanol–water partition coefficient (Wildman–Crippen LogP) is 5.43. The van der Waals surface area contributed by atoms with Crippen molar-refractivity contribution in [2.45, 2.75) is 192 Å². The lowest BCUT2D eigenvalue weighted by atomic mass is 9.73. The molecule has 4 heterocycles. The number of ether oxygens (including phenoxy) is 8. The van der Waals surface area contributed by atoms with Crippen LogP contribution in [-0.4, -0.2) is 150 Å². The molecule has 344 valence electrons. The lowest BCUT2D eigenvalue weighted by Gasteiger charge is -2.51. The van der Waals surface area contributed by atoms with Crippen molar-refractivity contribution in [3.8, 4) is 12.3 Å². The largest absolute Gasteiger partial charge is 0.457 e. The Balaban J connectivity index is 1.99. The fraction of sp³-hybridized carbons (Fsp3) is 0.867. The Morgan fingerprint density at radius 1 is 1.03 bits per heavy atom. The minimum Gasteiger partial charge on any atom is -0.457 e. The molecule has 14 nitrogen and oxygen atoms in total. The van der Waals surface area contributed by atoms with Crippen LogP contribution < -0.4 is 0 Å². The summed E-state index contributed by atoms with van der Waals surface area (Å²) < 4.78 is 69.9. The molecule has 3 N–H and O–H groups in total. The van der Waals surface area contributed by atoms with Gasteiger partial charge < -0.3 is 58.2 Å². The van der Waals surface area contributed by atoms with Gasteiger partial charge in [0.25, 0.3) is 0 Å². The summed E-state index contributed by atoms with van der Waals surface area (Å²) in [7, 11) is 3.49. The number of oxime groups is 1. The maximum Gasteiger partial charge on any atom is 0.346 e. The van der Waals surface area contributed by atoms with Crippen LogP contribution in [0.4, 0.5) is 4.39 Å². The Labute approximate surface area is 357 Å². The van der Waals surface area contributed by atoms with E-state index in [0.29, 0.717) is 30.7 Å². The Morgan fingerprint density at radius 3 is 2.30 bits per heavy atom. The summed E-state index contributed by atoms with van der Waals surface area (Å²) in [5.41, 5.74) is -6.46. The van der Waals surface area contributed by atoms with Gasteiger partial charge in [0.2, 0.25) is 5.67 Å². The quantitative estimate of drug-likeness (QED) is 0.0885. The number of aliphatic hydroxyl groups excluding tert-OH is 1. The zero-order chi connectivity index (χ0) is 45.1. The van der Waals surface area contributed by atoms with Gasteiger partial charge in [-0.25, -0.2) is 9.18 Å². The van der Waals surface area contributed by atoms with Gasteiger partial charge in [-0.1, -0.05) is 46.4 Å². The number of esters is 1. The van der Waals surface area contributed by atoms with Gasteiger partial charge in [-0.15, -0.1) is 12.3 Å². The average Bonchev–Trinajstić information content (AvgIpc) is 3.19. The monoisotopic (exact) mass is 855 g/mol. The summed E-state index contributed by atoms with van der Waals surface area (Å²) in [4.78, 5) is 16.7. The average molecular weight is 855 g/mol. The Kier molecular flexibility index (Phi) is 16.9. The van der Waals surface area contributed by atoms with Crippen LogP contribution >= 0.6 is 0 Å². The van der Waals surface area contributed by atoms with Gasteiger partial charge in [0.15, 0.2) is 12.6 Å². The first-order valence-corrected chi connectivity index (χ1v) is 21.7. The van der Waals surface area contributed by atoms with E-state index in [-0.39, 0.29) is 50.5 Å². The molecule has 18 atom stereocenters. The van der Waals surface area contributed by atoms with Crippen LogP contribution in [0.2, 0.25) is 0 Å². The predicted molar refractivity (Wildman–Crippen MR) is 223 cm³/mol. The third kappa shape index (κ3) is 10.6. The summed E-state index contributed by atoms with van der Waals surface area (Å²) in [6.07, 6.45) is -2.03.